The van der Waals surface area contributed by atoms with E-state index in [-0.39, 0.29) is 6.04 Å². The van der Waals surface area contributed by atoms with E-state index in [1.807, 2.05) is 30.5 Å². The molecule has 3 nitrogen and oxygen atoms in total. The van der Waals surface area contributed by atoms with Gasteiger partial charge in [0.25, 0.3) is 0 Å². The van der Waals surface area contributed by atoms with E-state index < -0.39 is 0 Å². The maximum atomic E-state index is 6.14. The first-order chi connectivity index (χ1) is 9.88. The minimum Gasteiger partial charge on any atom is -0.466 e. The maximum absolute atomic E-state index is 6.14. The van der Waals surface area contributed by atoms with Gasteiger partial charge in [-0.05, 0) is 51.2 Å². The third kappa shape index (κ3) is 2.41. The first-order valence-electron chi connectivity index (χ1n) is 6.54. The van der Waals surface area contributed by atoms with Crippen LogP contribution in [0.1, 0.15) is 30.0 Å². The van der Waals surface area contributed by atoms with Gasteiger partial charge >= 0.3 is 0 Å². The summed E-state index contributed by atoms with van der Waals surface area (Å²) in [6.45, 7) is 5.98. The first kappa shape index (κ1) is 14.7. The van der Waals surface area contributed by atoms with Gasteiger partial charge in [-0.15, -0.1) is 0 Å². The number of aromatic amines is 1. The Morgan fingerprint density at radius 2 is 1.86 bits per heavy atom. The highest BCUT2D eigenvalue weighted by molar-refractivity contribution is 7.71. The average molecular weight is 341 g/mol. The van der Waals surface area contributed by atoms with Gasteiger partial charge in [0.2, 0.25) is 0 Å². The van der Waals surface area contributed by atoms with Crippen molar-refractivity contribution in [2.45, 2.75) is 26.8 Å². The summed E-state index contributed by atoms with van der Waals surface area (Å²) in [4.78, 5) is 3.18. The number of aromatic nitrogens is 2. The largest absolute Gasteiger partial charge is 0.466 e. The van der Waals surface area contributed by atoms with Crippen LogP contribution in [0.2, 0.25) is 10.0 Å². The van der Waals surface area contributed by atoms with Crippen molar-refractivity contribution in [1.82, 2.24) is 9.55 Å². The van der Waals surface area contributed by atoms with Crippen LogP contribution in [-0.2, 0) is 0 Å². The smallest absolute Gasteiger partial charge is 0.178 e. The summed E-state index contributed by atoms with van der Waals surface area (Å²) in [5.74, 6) is 1.79. The lowest BCUT2D eigenvalue weighted by Crippen LogP contribution is -2.07. The second-order valence-electron chi connectivity index (χ2n) is 5.13. The Morgan fingerprint density at radius 1 is 1.19 bits per heavy atom. The van der Waals surface area contributed by atoms with Crippen molar-refractivity contribution >= 4 is 46.5 Å². The van der Waals surface area contributed by atoms with Crippen molar-refractivity contribution < 1.29 is 4.42 Å². The lowest BCUT2D eigenvalue weighted by atomic mass is 10.1. The third-order valence-electron chi connectivity index (χ3n) is 3.68. The standard InChI is InChI=1S/C15H14Cl2N2OS/c1-7-4-10(9(3)20-7)8(2)19-14-6-12(17)11(16)5-13(14)18-15(19)21/h4-6,8H,1-3H3,(H,18,21). The summed E-state index contributed by atoms with van der Waals surface area (Å²) in [5, 5.41) is 1.02. The Balaban J connectivity index is 2.24. The Kier molecular flexibility index (Phi) is 3.64. The molecule has 0 aliphatic heterocycles. The van der Waals surface area contributed by atoms with Crippen LogP contribution >= 0.6 is 35.4 Å². The second-order valence-corrected chi connectivity index (χ2v) is 6.33. The molecule has 0 saturated heterocycles. The van der Waals surface area contributed by atoms with Gasteiger partial charge in [0.15, 0.2) is 4.77 Å². The number of benzene rings is 1. The lowest BCUT2D eigenvalue weighted by Gasteiger charge is -2.14. The van der Waals surface area contributed by atoms with Crippen molar-refractivity contribution in [1.29, 1.82) is 0 Å². The van der Waals surface area contributed by atoms with E-state index in [1.54, 1.807) is 6.07 Å². The van der Waals surface area contributed by atoms with E-state index >= 15 is 0 Å². The molecule has 21 heavy (non-hydrogen) atoms. The van der Waals surface area contributed by atoms with Gasteiger partial charge in [0.05, 0.1) is 27.1 Å². The number of fused-ring (bicyclic) bond motifs is 1. The molecule has 2 heterocycles. The zero-order chi connectivity index (χ0) is 15.3. The second kappa shape index (κ2) is 5.20. The number of aryl methyl sites for hydroxylation is 2. The first-order valence-corrected chi connectivity index (χ1v) is 7.71. The van der Waals surface area contributed by atoms with Gasteiger partial charge in [0.1, 0.15) is 11.5 Å². The quantitative estimate of drug-likeness (QED) is 0.596. The molecule has 0 aliphatic rings. The predicted octanol–water partition coefficient (Wildman–Crippen LogP) is 5.82. The monoisotopic (exact) mass is 340 g/mol. The van der Waals surface area contributed by atoms with E-state index in [1.165, 1.54) is 0 Å². The molecule has 1 atom stereocenters. The fourth-order valence-electron chi connectivity index (χ4n) is 2.71. The number of hydrogen-bond donors (Lipinski definition) is 1. The van der Waals surface area contributed by atoms with Crippen LogP contribution in [0.15, 0.2) is 22.6 Å². The van der Waals surface area contributed by atoms with Crippen LogP contribution in [0.4, 0.5) is 0 Å². The molecule has 0 fully saturated rings. The van der Waals surface area contributed by atoms with Crippen molar-refractivity contribution in [3.05, 3.63) is 50.1 Å². The summed E-state index contributed by atoms with van der Waals surface area (Å²) >= 11 is 17.7. The SMILES string of the molecule is Cc1cc(C(C)n2c(=S)[nH]c3cc(Cl)c(Cl)cc32)c(C)o1. The highest BCUT2D eigenvalue weighted by Gasteiger charge is 2.18. The molecule has 3 aromatic rings. The summed E-state index contributed by atoms with van der Waals surface area (Å²) in [5.41, 5.74) is 2.91. The summed E-state index contributed by atoms with van der Waals surface area (Å²) in [7, 11) is 0. The lowest BCUT2D eigenvalue weighted by molar-refractivity contribution is 0.495. The molecule has 2 aromatic heterocycles. The Bertz CT molecular complexity index is 891. The number of furan rings is 1. The normalized spacial score (nSPS) is 13.0. The molecule has 0 saturated carbocycles. The summed E-state index contributed by atoms with van der Waals surface area (Å²) in [6, 6.07) is 5.72. The van der Waals surface area contributed by atoms with Gasteiger partial charge in [-0.25, -0.2) is 0 Å². The van der Waals surface area contributed by atoms with Crippen LogP contribution in [0.3, 0.4) is 0 Å². The van der Waals surface area contributed by atoms with Crippen molar-refractivity contribution in [3.8, 4) is 0 Å². The van der Waals surface area contributed by atoms with E-state index in [0.717, 1.165) is 28.1 Å². The predicted molar refractivity (Wildman–Crippen MR) is 89.1 cm³/mol. The van der Waals surface area contributed by atoms with Gasteiger partial charge in [-0.3, -0.25) is 0 Å². The molecule has 1 aromatic carbocycles. The van der Waals surface area contributed by atoms with E-state index in [0.29, 0.717) is 14.8 Å². The maximum Gasteiger partial charge on any atom is 0.178 e. The molecule has 0 aliphatic carbocycles. The molecular weight excluding hydrogens is 327 g/mol. The topological polar surface area (TPSA) is 33.9 Å². The molecule has 0 radical (unpaired) electrons. The van der Waals surface area contributed by atoms with Crippen LogP contribution in [-0.4, -0.2) is 9.55 Å². The molecule has 0 spiro atoms. The Morgan fingerprint density at radius 3 is 2.48 bits per heavy atom. The van der Waals surface area contributed by atoms with E-state index in [4.69, 9.17) is 39.8 Å². The van der Waals surface area contributed by atoms with Gasteiger partial charge in [-0.2, -0.15) is 0 Å². The summed E-state index contributed by atoms with van der Waals surface area (Å²) in [6.07, 6.45) is 0. The van der Waals surface area contributed by atoms with Gasteiger partial charge in [-0.1, -0.05) is 23.2 Å². The Labute approximate surface area is 137 Å². The number of imidazole rings is 1. The molecule has 1 unspecified atom stereocenters. The van der Waals surface area contributed by atoms with E-state index in [2.05, 4.69) is 11.9 Å². The summed E-state index contributed by atoms with van der Waals surface area (Å²) < 4.78 is 8.29. The highest BCUT2D eigenvalue weighted by Crippen LogP contribution is 2.32. The number of nitrogens with one attached hydrogen (secondary N) is 1. The Hall–Kier alpha value is -1.23. The number of hydrogen-bond acceptors (Lipinski definition) is 2. The zero-order valence-electron chi connectivity index (χ0n) is 11.8. The molecule has 0 amide bonds. The number of rotatable bonds is 2. The highest BCUT2D eigenvalue weighted by atomic mass is 35.5. The minimum absolute atomic E-state index is 0.0425. The minimum atomic E-state index is 0.0425. The van der Waals surface area contributed by atoms with Crippen LogP contribution in [0.5, 0.6) is 0 Å². The van der Waals surface area contributed by atoms with Crippen molar-refractivity contribution in [2.24, 2.45) is 0 Å². The molecule has 3 rings (SSSR count). The van der Waals surface area contributed by atoms with Crippen LogP contribution in [0, 0.1) is 18.6 Å². The molecule has 1 N–H and O–H groups in total. The molecular formula is C15H14Cl2N2OS. The van der Waals surface area contributed by atoms with Crippen LogP contribution in [0.25, 0.3) is 11.0 Å². The fourth-order valence-corrected chi connectivity index (χ4v) is 3.40. The zero-order valence-corrected chi connectivity index (χ0v) is 14.2. The molecule has 0 bridgehead atoms. The van der Waals surface area contributed by atoms with Crippen molar-refractivity contribution in [2.75, 3.05) is 0 Å². The van der Waals surface area contributed by atoms with Crippen LogP contribution < -0.4 is 0 Å². The molecule has 110 valence electrons. The number of halogens is 2. The van der Waals surface area contributed by atoms with Gasteiger partial charge < -0.3 is 14.0 Å². The average Bonchev–Trinajstić information content (AvgIpc) is 2.89. The van der Waals surface area contributed by atoms with E-state index in [9.17, 15) is 0 Å². The number of H-pyrrole nitrogens is 1. The van der Waals surface area contributed by atoms with Gasteiger partial charge in [0, 0.05) is 5.56 Å². The molecule has 6 heteroatoms. The third-order valence-corrected chi connectivity index (χ3v) is 4.70. The fraction of sp³-hybridized carbons (Fsp3) is 0.267. The van der Waals surface area contributed by atoms with Crippen molar-refractivity contribution in [3.63, 3.8) is 0 Å². The number of nitrogens with zero attached hydrogens (tertiary/aromatic N) is 1.